The van der Waals surface area contributed by atoms with Crippen LogP contribution >= 0.6 is 15.9 Å². The highest BCUT2D eigenvalue weighted by Crippen LogP contribution is 2.27. The highest BCUT2D eigenvalue weighted by molar-refractivity contribution is 9.10. The molecule has 0 aliphatic carbocycles. The summed E-state index contributed by atoms with van der Waals surface area (Å²) < 4.78 is 6.61. The molecule has 82 valence electrons. The van der Waals surface area contributed by atoms with Gasteiger partial charge in [0.1, 0.15) is 0 Å². The Kier molecular flexibility index (Phi) is 3.14. The molecule has 0 radical (unpaired) electrons. The smallest absolute Gasteiger partial charge is 0.0903 e. The normalized spacial score (nSPS) is 19.9. The van der Waals surface area contributed by atoms with Gasteiger partial charge in [0.2, 0.25) is 0 Å². The summed E-state index contributed by atoms with van der Waals surface area (Å²) in [5, 5.41) is 0. The van der Waals surface area contributed by atoms with Crippen molar-refractivity contribution in [1.82, 2.24) is 4.90 Å². The predicted octanol–water partition coefficient (Wildman–Crippen LogP) is 2.67. The molecule has 1 aromatic carbocycles. The van der Waals surface area contributed by atoms with Crippen molar-refractivity contribution in [2.24, 2.45) is 0 Å². The molecule has 1 fully saturated rings. The molecule has 1 aliphatic heterocycles. The van der Waals surface area contributed by atoms with E-state index in [2.05, 4.69) is 46.0 Å². The quantitative estimate of drug-likeness (QED) is 0.837. The zero-order valence-electron chi connectivity index (χ0n) is 9.16. The summed E-state index contributed by atoms with van der Waals surface area (Å²) in [6.07, 6.45) is 0. The SMILES string of the molecule is COC1(C)CN(Cc2ccccc2Br)C1. The van der Waals surface area contributed by atoms with E-state index >= 15 is 0 Å². The summed E-state index contributed by atoms with van der Waals surface area (Å²) in [6, 6.07) is 8.37. The van der Waals surface area contributed by atoms with Gasteiger partial charge in [-0.15, -0.1) is 0 Å². The summed E-state index contributed by atoms with van der Waals surface area (Å²) in [5.41, 5.74) is 1.41. The third kappa shape index (κ3) is 2.41. The first-order valence-corrected chi connectivity index (χ1v) is 5.93. The van der Waals surface area contributed by atoms with Gasteiger partial charge in [0, 0.05) is 31.2 Å². The lowest BCUT2D eigenvalue weighted by Gasteiger charge is -2.47. The van der Waals surface area contributed by atoms with Gasteiger partial charge in [0.15, 0.2) is 0 Å². The van der Waals surface area contributed by atoms with Crippen LogP contribution in [0.15, 0.2) is 28.7 Å². The summed E-state index contributed by atoms with van der Waals surface area (Å²) in [6.45, 7) is 5.19. The summed E-state index contributed by atoms with van der Waals surface area (Å²) >= 11 is 3.57. The topological polar surface area (TPSA) is 12.5 Å². The Hall–Kier alpha value is -0.380. The zero-order chi connectivity index (χ0) is 10.9. The second-order valence-corrected chi connectivity index (χ2v) is 5.24. The summed E-state index contributed by atoms with van der Waals surface area (Å²) in [4.78, 5) is 2.39. The molecule has 1 heterocycles. The van der Waals surface area contributed by atoms with E-state index in [1.807, 2.05) is 6.07 Å². The van der Waals surface area contributed by atoms with Gasteiger partial charge < -0.3 is 4.74 Å². The molecule has 2 nitrogen and oxygen atoms in total. The lowest BCUT2D eigenvalue weighted by Crippen LogP contribution is -2.60. The van der Waals surface area contributed by atoms with Crippen LogP contribution in [-0.4, -0.2) is 30.7 Å². The second-order valence-electron chi connectivity index (χ2n) is 4.39. The van der Waals surface area contributed by atoms with Crippen LogP contribution in [0.4, 0.5) is 0 Å². The molecule has 0 saturated carbocycles. The van der Waals surface area contributed by atoms with Crippen molar-refractivity contribution in [2.75, 3.05) is 20.2 Å². The van der Waals surface area contributed by atoms with Gasteiger partial charge in [-0.3, -0.25) is 4.90 Å². The van der Waals surface area contributed by atoms with Crippen LogP contribution in [-0.2, 0) is 11.3 Å². The van der Waals surface area contributed by atoms with E-state index in [9.17, 15) is 0 Å². The van der Waals surface area contributed by atoms with Gasteiger partial charge in [-0.25, -0.2) is 0 Å². The molecule has 15 heavy (non-hydrogen) atoms. The number of methoxy groups -OCH3 is 1. The van der Waals surface area contributed by atoms with Crippen LogP contribution in [0.2, 0.25) is 0 Å². The molecule has 0 N–H and O–H groups in total. The zero-order valence-corrected chi connectivity index (χ0v) is 10.8. The largest absolute Gasteiger partial charge is 0.376 e. The first kappa shape index (κ1) is 11.1. The Morgan fingerprint density at radius 1 is 1.40 bits per heavy atom. The van der Waals surface area contributed by atoms with Crippen LogP contribution < -0.4 is 0 Å². The van der Waals surface area contributed by atoms with Gasteiger partial charge in [-0.2, -0.15) is 0 Å². The van der Waals surface area contributed by atoms with Crippen LogP contribution in [0, 0.1) is 0 Å². The molecular formula is C12H16BrNO. The molecule has 0 spiro atoms. The lowest BCUT2D eigenvalue weighted by molar-refractivity contribution is -0.114. The molecule has 2 rings (SSSR count). The van der Waals surface area contributed by atoms with Crippen LogP contribution in [0.25, 0.3) is 0 Å². The number of nitrogens with zero attached hydrogens (tertiary/aromatic N) is 1. The fraction of sp³-hybridized carbons (Fsp3) is 0.500. The van der Waals surface area contributed by atoms with E-state index in [0.29, 0.717) is 0 Å². The molecule has 1 saturated heterocycles. The minimum absolute atomic E-state index is 0.0707. The third-order valence-electron chi connectivity index (χ3n) is 2.96. The van der Waals surface area contributed by atoms with Gasteiger partial charge >= 0.3 is 0 Å². The molecule has 3 heteroatoms. The monoisotopic (exact) mass is 269 g/mol. The molecule has 0 bridgehead atoms. The third-order valence-corrected chi connectivity index (χ3v) is 3.73. The van der Waals surface area contributed by atoms with Crippen LogP contribution in [0.3, 0.4) is 0 Å². The molecule has 1 aromatic rings. The number of ether oxygens (including phenoxy) is 1. The first-order chi connectivity index (χ1) is 7.13. The Labute approximate surface area is 99.4 Å². The van der Waals surface area contributed by atoms with E-state index in [1.54, 1.807) is 7.11 Å². The number of rotatable bonds is 3. The van der Waals surface area contributed by atoms with Gasteiger partial charge in [0.25, 0.3) is 0 Å². The Morgan fingerprint density at radius 3 is 2.67 bits per heavy atom. The molecule has 0 atom stereocenters. The maximum Gasteiger partial charge on any atom is 0.0903 e. The number of likely N-dealkylation sites (tertiary alicyclic amines) is 1. The molecule has 0 unspecified atom stereocenters. The van der Waals surface area contributed by atoms with E-state index < -0.39 is 0 Å². The van der Waals surface area contributed by atoms with E-state index in [0.717, 1.165) is 19.6 Å². The number of hydrogen-bond donors (Lipinski definition) is 0. The van der Waals surface area contributed by atoms with Gasteiger partial charge in [0.05, 0.1) is 5.60 Å². The van der Waals surface area contributed by atoms with Crippen molar-refractivity contribution in [3.8, 4) is 0 Å². The fourth-order valence-corrected chi connectivity index (χ4v) is 2.42. The fourth-order valence-electron chi connectivity index (χ4n) is 2.01. The van der Waals surface area contributed by atoms with Gasteiger partial charge in [-0.05, 0) is 18.6 Å². The maximum atomic E-state index is 5.42. The minimum atomic E-state index is 0.0707. The number of hydrogen-bond acceptors (Lipinski definition) is 2. The maximum absolute atomic E-state index is 5.42. The minimum Gasteiger partial charge on any atom is -0.376 e. The summed E-state index contributed by atoms with van der Waals surface area (Å²) in [5.74, 6) is 0. The Morgan fingerprint density at radius 2 is 2.07 bits per heavy atom. The van der Waals surface area contributed by atoms with E-state index in [-0.39, 0.29) is 5.60 Å². The van der Waals surface area contributed by atoms with Crippen molar-refractivity contribution in [2.45, 2.75) is 19.1 Å². The van der Waals surface area contributed by atoms with E-state index in [1.165, 1.54) is 10.0 Å². The summed E-state index contributed by atoms with van der Waals surface area (Å²) in [7, 11) is 1.79. The van der Waals surface area contributed by atoms with Crippen molar-refractivity contribution in [1.29, 1.82) is 0 Å². The van der Waals surface area contributed by atoms with E-state index in [4.69, 9.17) is 4.74 Å². The first-order valence-electron chi connectivity index (χ1n) is 5.14. The highest BCUT2D eigenvalue weighted by Gasteiger charge is 2.38. The molecular weight excluding hydrogens is 254 g/mol. The predicted molar refractivity (Wildman–Crippen MR) is 64.8 cm³/mol. The lowest BCUT2D eigenvalue weighted by atomic mass is 9.96. The molecule has 1 aliphatic rings. The Balaban J connectivity index is 1.93. The second kappa shape index (κ2) is 4.24. The number of benzene rings is 1. The standard InChI is InChI=1S/C12H16BrNO/c1-12(15-2)8-14(9-12)7-10-5-3-4-6-11(10)13/h3-6H,7-9H2,1-2H3. The van der Waals surface area contributed by atoms with Crippen LogP contribution in [0.1, 0.15) is 12.5 Å². The Bertz CT molecular complexity index is 347. The van der Waals surface area contributed by atoms with Crippen molar-refractivity contribution in [3.63, 3.8) is 0 Å². The van der Waals surface area contributed by atoms with Crippen molar-refractivity contribution >= 4 is 15.9 Å². The molecule has 0 amide bonds. The number of halogens is 1. The van der Waals surface area contributed by atoms with Crippen molar-refractivity contribution in [3.05, 3.63) is 34.3 Å². The average molecular weight is 270 g/mol. The molecule has 0 aromatic heterocycles. The highest BCUT2D eigenvalue weighted by atomic mass is 79.9. The van der Waals surface area contributed by atoms with Crippen LogP contribution in [0.5, 0.6) is 0 Å². The average Bonchev–Trinajstić information content (AvgIpc) is 2.18. The van der Waals surface area contributed by atoms with Crippen molar-refractivity contribution < 1.29 is 4.74 Å². The van der Waals surface area contributed by atoms with Gasteiger partial charge in [-0.1, -0.05) is 34.1 Å².